The summed E-state index contributed by atoms with van der Waals surface area (Å²) in [6.45, 7) is 2.72. The van der Waals surface area contributed by atoms with Crippen LogP contribution in [0.5, 0.6) is 0 Å². The molecule has 1 aromatic heterocycles. The van der Waals surface area contributed by atoms with Gasteiger partial charge in [-0.15, -0.1) is 0 Å². The molecule has 0 unspecified atom stereocenters. The standard InChI is InChI=1S/C24H22FN3O2/c1-16-4-6-17(7-5-16)14-27-22(29)13-21-23-20(3-2-12-26-23)24(30)28(21)15-18-8-10-19(25)11-9-18/h2-12,21H,13-15H2,1H3,(H,27,29)/t21-/m1/s1. The van der Waals surface area contributed by atoms with Gasteiger partial charge in [-0.1, -0.05) is 42.0 Å². The van der Waals surface area contributed by atoms with Crippen molar-refractivity contribution in [2.45, 2.75) is 32.5 Å². The summed E-state index contributed by atoms with van der Waals surface area (Å²) in [6.07, 6.45) is 1.74. The molecule has 6 heteroatoms. The van der Waals surface area contributed by atoms with E-state index in [0.717, 1.165) is 16.7 Å². The molecule has 0 bridgehead atoms. The Morgan fingerprint density at radius 1 is 1.07 bits per heavy atom. The number of aryl methyl sites for hydroxylation is 1. The Morgan fingerprint density at radius 3 is 2.50 bits per heavy atom. The smallest absolute Gasteiger partial charge is 0.256 e. The van der Waals surface area contributed by atoms with Gasteiger partial charge in [-0.25, -0.2) is 4.39 Å². The number of halogens is 1. The lowest BCUT2D eigenvalue weighted by Gasteiger charge is -2.24. The molecule has 0 aliphatic carbocycles. The van der Waals surface area contributed by atoms with E-state index in [1.165, 1.54) is 12.1 Å². The van der Waals surface area contributed by atoms with Crippen LogP contribution in [0, 0.1) is 12.7 Å². The van der Waals surface area contributed by atoms with E-state index in [1.54, 1.807) is 35.4 Å². The maximum Gasteiger partial charge on any atom is 0.256 e. The van der Waals surface area contributed by atoms with Gasteiger partial charge in [-0.05, 0) is 42.3 Å². The van der Waals surface area contributed by atoms with E-state index in [0.29, 0.717) is 17.8 Å². The van der Waals surface area contributed by atoms with Gasteiger partial charge in [0.2, 0.25) is 5.91 Å². The van der Waals surface area contributed by atoms with E-state index in [1.807, 2.05) is 31.2 Å². The predicted octanol–water partition coefficient (Wildman–Crippen LogP) is 3.93. The second kappa shape index (κ2) is 8.45. The fourth-order valence-corrected chi connectivity index (χ4v) is 3.64. The Hall–Kier alpha value is -3.54. The molecule has 1 aliphatic rings. The minimum absolute atomic E-state index is 0.114. The summed E-state index contributed by atoms with van der Waals surface area (Å²) in [5, 5.41) is 2.93. The van der Waals surface area contributed by atoms with Gasteiger partial charge in [0, 0.05) is 19.3 Å². The van der Waals surface area contributed by atoms with Crippen LogP contribution in [-0.4, -0.2) is 21.7 Å². The van der Waals surface area contributed by atoms with Crippen molar-refractivity contribution in [1.29, 1.82) is 0 Å². The van der Waals surface area contributed by atoms with E-state index >= 15 is 0 Å². The molecule has 30 heavy (non-hydrogen) atoms. The van der Waals surface area contributed by atoms with Gasteiger partial charge in [0.15, 0.2) is 0 Å². The number of fused-ring (bicyclic) bond motifs is 1. The summed E-state index contributed by atoms with van der Waals surface area (Å²) >= 11 is 0. The monoisotopic (exact) mass is 403 g/mol. The number of carbonyl (C=O) groups excluding carboxylic acids is 2. The number of pyridine rings is 1. The van der Waals surface area contributed by atoms with Crippen molar-refractivity contribution in [3.05, 3.63) is 101 Å². The van der Waals surface area contributed by atoms with Crippen molar-refractivity contribution in [3.63, 3.8) is 0 Å². The molecule has 3 aromatic rings. The highest BCUT2D eigenvalue weighted by Gasteiger charge is 2.38. The van der Waals surface area contributed by atoms with Crippen LogP contribution in [0.15, 0.2) is 66.9 Å². The Morgan fingerprint density at radius 2 is 1.77 bits per heavy atom. The van der Waals surface area contributed by atoms with Crippen LogP contribution in [0.1, 0.15) is 45.2 Å². The SMILES string of the molecule is Cc1ccc(CNC(=O)C[C@@H]2c3ncccc3C(=O)N2Cc2ccc(F)cc2)cc1. The third kappa shape index (κ3) is 4.22. The molecule has 0 spiro atoms. The summed E-state index contributed by atoms with van der Waals surface area (Å²) in [7, 11) is 0. The predicted molar refractivity (Wildman–Crippen MR) is 111 cm³/mol. The molecule has 0 fully saturated rings. The minimum atomic E-state index is -0.461. The van der Waals surface area contributed by atoms with Gasteiger partial charge in [-0.2, -0.15) is 0 Å². The third-order valence-corrected chi connectivity index (χ3v) is 5.28. The first-order valence-electron chi connectivity index (χ1n) is 9.84. The number of nitrogens with zero attached hydrogens (tertiary/aromatic N) is 2. The third-order valence-electron chi connectivity index (χ3n) is 5.28. The quantitative estimate of drug-likeness (QED) is 0.678. The molecular formula is C24H22FN3O2. The fourth-order valence-electron chi connectivity index (χ4n) is 3.64. The van der Waals surface area contributed by atoms with Crippen molar-refractivity contribution in [3.8, 4) is 0 Å². The molecule has 0 saturated heterocycles. The Bertz CT molecular complexity index is 1060. The lowest BCUT2D eigenvalue weighted by Crippen LogP contribution is -2.32. The summed E-state index contributed by atoms with van der Waals surface area (Å²) in [5.41, 5.74) is 4.08. The molecule has 0 radical (unpaired) electrons. The largest absolute Gasteiger partial charge is 0.352 e. The first kappa shape index (κ1) is 19.8. The molecule has 2 heterocycles. The first-order valence-corrected chi connectivity index (χ1v) is 9.84. The van der Waals surface area contributed by atoms with Crippen LogP contribution in [0.2, 0.25) is 0 Å². The molecule has 4 rings (SSSR count). The van der Waals surface area contributed by atoms with Crippen molar-refractivity contribution in [1.82, 2.24) is 15.2 Å². The fraction of sp³-hybridized carbons (Fsp3) is 0.208. The summed E-state index contributed by atoms with van der Waals surface area (Å²) in [5.74, 6) is -0.654. The van der Waals surface area contributed by atoms with E-state index in [-0.39, 0.29) is 30.6 Å². The van der Waals surface area contributed by atoms with Gasteiger partial charge < -0.3 is 10.2 Å². The topological polar surface area (TPSA) is 62.3 Å². The number of hydrogen-bond donors (Lipinski definition) is 1. The number of nitrogens with one attached hydrogen (secondary N) is 1. The Labute approximate surface area is 174 Å². The highest BCUT2D eigenvalue weighted by atomic mass is 19.1. The molecule has 152 valence electrons. The maximum absolute atomic E-state index is 13.2. The molecule has 1 atom stereocenters. The molecule has 2 aromatic carbocycles. The molecule has 1 N–H and O–H groups in total. The second-order valence-corrected chi connectivity index (χ2v) is 7.48. The van der Waals surface area contributed by atoms with Crippen molar-refractivity contribution in [2.75, 3.05) is 0 Å². The first-order chi connectivity index (χ1) is 14.5. The molecule has 5 nitrogen and oxygen atoms in total. The number of carbonyl (C=O) groups is 2. The number of hydrogen-bond acceptors (Lipinski definition) is 3. The molecular weight excluding hydrogens is 381 g/mol. The van der Waals surface area contributed by atoms with Gasteiger partial charge in [0.1, 0.15) is 5.82 Å². The molecule has 2 amide bonds. The average molecular weight is 403 g/mol. The van der Waals surface area contributed by atoms with Crippen LogP contribution in [0.25, 0.3) is 0 Å². The Kier molecular flexibility index (Phi) is 5.57. The molecule has 0 saturated carbocycles. The zero-order valence-corrected chi connectivity index (χ0v) is 16.6. The van der Waals surface area contributed by atoms with Crippen LogP contribution < -0.4 is 5.32 Å². The highest BCUT2D eigenvalue weighted by Crippen LogP contribution is 2.35. The summed E-state index contributed by atoms with van der Waals surface area (Å²) in [6, 6.07) is 17.0. The second-order valence-electron chi connectivity index (χ2n) is 7.48. The van der Waals surface area contributed by atoms with Crippen LogP contribution in [0.3, 0.4) is 0 Å². The minimum Gasteiger partial charge on any atom is -0.352 e. The van der Waals surface area contributed by atoms with E-state index in [2.05, 4.69) is 10.3 Å². The van der Waals surface area contributed by atoms with Gasteiger partial charge in [0.25, 0.3) is 5.91 Å². The van der Waals surface area contributed by atoms with Crippen LogP contribution >= 0.6 is 0 Å². The zero-order valence-electron chi connectivity index (χ0n) is 16.6. The van der Waals surface area contributed by atoms with Crippen molar-refractivity contribution < 1.29 is 14.0 Å². The summed E-state index contributed by atoms with van der Waals surface area (Å²) < 4.78 is 13.2. The van der Waals surface area contributed by atoms with Crippen LogP contribution in [0.4, 0.5) is 4.39 Å². The normalized spacial score (nSPS) is 15.2. The molecule has 1 aliphatic heterocycles. The van der Waals surface area contributed by atoms with Gasteiger partial charge in [0.05, 0.1) is 23.7 Å². The lowest BCUT2D eigenvalue weighted by molar-refractivity contribution is -0.122. The number of benzene rings is 2. The summed E-state index contributed by atoms with van der Waals surface area (Å²) in [4.78, 5) is 31.6. The zero-order chi connectivity index (χ0) is 21.1. The number of rotatable bonds is 6. The lowest BCUT2D eigenvalue weighted by atomic mass is 10.1. The van der Waals surface area contributed by atoms with Crippen molar-refractivity contribution >= 4 is 11.8 Å². The highest BCUT2D eigenvalue weighted by molar-refractivity contribution is 5.99. The maximum atomic E-state index is 13.2. The van der Waals surface area contributed by atoms with Crippen molar-refractivity contribution in [2.24, 2.45) is 0 Å². The number of aromatic nitrogens is 1. The van der Waals surface area contributed by atoms with Gasteiger partial charge in [-0.3, -0.25) is 14.6 Å². The van der Waals surface area contributed by atoms with E-state index in [4.69, 9.17) is 0 Å². The number of amides is 2. The van der Waals surface area contributed by atoms with E-state index < -0.39 is 6.04 Å². The van der Waals surface area contributed by atoms with Gasteiger partial charge >= 0.3 is 0 Å². The van der Waals surface area contributed by atoms with Crippen LogP contribution in [-0.2, 0) is 17.9 Å². The Balaban J connectivity index is 1.50. The average Bonchev–Trinajstić information content (AvgIpc) is 3.01. The van der Waals surface area contributed by atoms with E-state index in [9.17, 15) is 14.0 Å².